The molecule has 0 unspecified atom stereocenters. The molecule has 2 atom stereocenters. The number of hydrogen-bond donors (Lipinski definition) is 1. The SMILES string of the molecule is CC(=O)N1CCC[C@H](NCCc2ccccc2F)[C@@H]1Cc1cccc(C)c1. The van der Waals surface area contributed by atoms with Gasteiger partial charge in [-0.1, -0.05) is 48.0 Å². The first-order valence-electron chi connectivity index (χ1n) is 9.84. The summed E-state index contributed by atoms with van der Waals surface area (Å²) in [5.41, 5.74) is 3.23. The summed E-state index contributed by atoms with van der Waals surface area (Å²) in [5, 5.41) is 3.61. The molecule has 0 bridgehead atoms. The Balaban J connectivity index is 1.68. The molecular formula is C23H29FN2O. The Morgan fingerprint density at radius 2 is 2.04 bits per heavy atom. The lowest BCUT2D eigenvalue weighted by atomic mass is 9.90. The molecule has 0 aliphatic carbocycles. The number of aryl methyl sites for hydroxylation is 1. The van der Waals surface area contributed by atoms with Crippen molar-refractivity contribution in [1.82, 2.24) is 10.2 Å². The van der Waals surface area contributed by atoms with E-state index in [0.717, 1.165) is 31.4 Å². The number of likely N-dealkylation sites (tertiary alicyclic amines) is 1. The first-order valence-corrected chi connectivity index (χ1v) is 9.84. The molecule has 1 saturated heterocycles. The van der Waals surface area contributed by atoms with Crippen molar-refractivity contribution in [2.45, 2.75) is 51.6 Å². The Kier molecular flexibility index (Phi) is 6.62. The maximum Gasteiger partial charge on any atom is 0.219 e. The predicted molar refractivity (Wildman–Crippen MR) is 107 cm³/mol. The Morgan fingerprint density at radius 3 is 2.78 bits per heavy atom. The maximum absolute atomic E-state index is 13.8. The van der Waals surface area contributed by atoms with E-state index in [9.17, 15) is 9.18 Å². The van der Waals surface area contributed by atoms with E-state index >= 15 is 0 Å². The molecule has 1 aliphatic rings. The third-order valence-electron chi connectivity index (χ3n) is 5.47. The fraction of sp³-hybridized carbons (Fsp3) is 0.435. The van der Waals surface area contributed by atoms with Gasteiger partial charge in [0.05, 0.1) is 6.04 Å². The van der Waals surface area contributed by atoms with E-state index in [1.54, 1.807) is 13.0 Å². The van der Waals surface area contributed by atoms with Crippen molar-refractivity contribution in [3.63, 3.8) is 0 Å². The van der Waals surface area contributed by atoms with E-state index in [-0.39, 0.29) is 23.8 Å². The molecule has 1 fully saturated rings. The quantitative estimate of drug-likeness (QED) is 0.839. The topological polar surface area (TPSA) is 32.3 Å². The molecule has 144 valence electrons. The standard InChI is InChI=1S/C23H29FN2O/c1-17-7-5-8-19(15-17)16-23-22(11-6-14-26(23)18(2)27)25-13-12-20-9-3-4-10-21(20)24/h3-5,7-10,15,22-23,25H,6,11-14,16H2,1-2H3/t22-,23-/m0/s1. The Bertz CT molecular complexity index is 776. The zero-order valence-electron chi connectivity index (χ0n) is 16.2. The minimum absolute atomic E-state index is 0.133. The van der Waals surface area contributed by atoms with Crippen LogP contribution < -0.4 is 5.32 Å². The average molecular weight is 368 g/mol. The van der Waals surface area contributed by atoms with Crippen LogP contribution in [0.25, 0.3) is 0 Å². The van der Waals surface area contributed by atoms with Crippen molar-refractivity contribution in [2.24, 2.45) is 0 Å². The maximum atomic E-state index is 13.8. The Morgan fingerprint density at radius 1 is 1.22 bits per heavy atom. The summed E-state index contributed by atoms with van der Waals surface area (Å²) in [6.45, 7) is 5.28. The Labute approximate surface area is 161 Å². The second-order valence-electron chi connectivity index (χ2n) is 7.52. The van der Waals surface area contributed by atoms with Gasteiger partial charge < -0.3 is 10.2 Å². The third-order valence-corrected chi connectivity index (χ3v) is 5.47. The molecular weight excluding hydrogens is 339 g/mol. The number of piperidine rings is 1. The molecule has 0 aromatic heterocycles. The average Bonchev–Trinajstić information content (AvgIpc) is 2.64. The number of amides is 1. The molecule has 1 aliphatic heterocycles. The summed E-state index contributed by atoms with van der Waals surface area (Å²) in [7, 11) is 0. The van der Waals surface area contributed by atoms with Crippen molar-refractivity contribution >= 4 is 5.91 Å². The van der Waals surface area contributed by atoms with Crippen LogP contribution in [-0.2, 0) is 17.6 Å². The summed E-state index contributed by atoms with van der Waals surface area (Å²) in [5.74, 6) is -0.0159. The smallest absolute Gasteiger partial charge is 0.219 e. The summed E-state index contributed by atoms with van der Waals surface area (Å²) in [6.07, 6.45) is 3.54. The van der Waals surface area contributed by atoms with Gasteiger partial charge in [-0.3, -0.25) is 4.79 Å². The Hall–Kier alpha value is -2.20. The van der Waals surface area contributed by atoms with E-state index in [2.05, 4.69) is 36.5 Å². The van der Waals surface area contributed by atoms with E-state index < -0.39 is 0 Å². The molecule has 0 radical (unpaired) electrons. The number of carbonyl (C=O) groups excluding carboxylic acids is 1. The highest BCUT2D eigenvalue weighted by Crippen LogP contribution is 2.22. The highest BCUT2D eigenvalue weighted by molar-refractivity contribution is 5.73. The van der Waals surface area contributed by atoms with Crippen molar-refractivity contribution in [3.05, 3.63) is 71.0 Å². The van der Waals surface area contributed by atoms with Crippen molar-refractivity contribution < 1.29 is 9.18 Å². The summed E-state index contributed by atoms with van der Waals surface area (Å²) >= 11 is 0. The van der Waals surface area contributed by atoms with Gasteiger partial charge in [0.25, 0.3) is 0 Å². The van der Waals surface area contributed by atoms with Crippen LogP contribution in [0.15, 0.2) is 48.5 Å². The number of nitrogens with one attached hydrogen (secondary N) is 1. The zero-order chi connectivity index (χ0) is 19.2. The number of hydrogen-bond acceptors (Lipinski definition) is 2. The second kappa shape index (κ2) is 9.14. The van der Waals surface area contributed by atoms with Gasteiger partial charge in [0.2, 0.25) is 5.91 Å². The lowest BCUT2D eigenvalue weighted by molar-refractivity contribution is -0.133. The molecule has 0 spiro atoms. The molecule has 2 aromatic rings. The second-order valence-corrected chi connectivity index (χ2v) is 7.52. The first kappa shape index (κ1) is 19.6. The van der Waals surface area contributed by atoms with Crippen LogP contribution in [0.4, 0.5) is 4.39 Å². The van der Waals surface area contributed by atoms with Gasteiger partial charge in [-0.25, -0.2) is 4.39 Å². The molecule has 3 nitrogen and oxygen atoms in total. The van der Waals surface area contributed by atoms with Gasteiger partial charge in [0, 0.05) is 19.5 Å². The van der Waals surface area contributed by atoms with E-state index in [1.807, 2.05) is 17.0 Å². The lowest BCUT2D eigenvalue weighted by Crippen LogP contribution is -2.56. The molecule has 27 heavy (non-hydrogen) atoms. The van der Waals surface area contributed by atoms with Gasteiger partial charge in [-0.2, -0.15) is 0 Å². The number of nitrogens with zero attached hydrogens (tertiary/aromatic N) is 1. The summed E-state index contributed by atoms with van der Waals surface area (Å²) in [4.78, 5) is 14.2. The van der Waals surface area contributed by atoms with Gasteiger partial charge in [-0.15, -0.1) is 0 Å². The molecule has 1 heterocycles. The monoisotopic (exact) mass is 368 g/mol. The van der Waals surface area contributed by atoms with E-state index in [1.165, 1.54) is 17.2 Å². The van der Waals surface area contributed by atoms with Crippen LogP contribution >= 0.6 is 0 Å². The van der Waals surface area contributed by atoms with Crippen LogP contribution in [0, 0.1) is 12.7 Å². The van der Waals surface area contributed by atoms with E-state index in [0.29, 0.717) is 13.0 Å². The normalized spacial score (nSPS) is 19.9. The highest BCUT2D eigenvalue weighted by atomic mass is 19.1. The van der Waals surface area contributed by atoms with Crippen molar-refractivity contribution in [2.75, 3.05) is 13.1 Å². The van der Waals surface area contributed by atoms with Crippen LogP contribution in [-0.4, -0.2) is 36.0 Å². The number of rotatable bonds is 6. The summed E-state index contributed by atoms with van der Waals surface area (Å²) < 4.78 is 13.8. The largest absolute Gasteiger partial charge is 0.338 e. The number of carbonyl (C=O) groups is 1. The minimum Gasteiger partial charge on any atom is -0.338 e. The third kappa shape index (κ3) is 5.16. The minimum atomic E-state index is -0.149. The van der Waals surface area contributed by atoms with Gasteiger partial charge in [0.15, 0.2) is 0 Å². The number of halogens is 1. The van der Waals surface area contributed by atoms with Crippen LogP contribution in [0.5, 0.6) is 0 Å². The van der Waals surface area contributed by atoms with E-state index in [4.69, 9.17) is 0 Å². The lowest BCUT2D eigenvalue weighted by Gasteiger charge is -2.41. The molecule has 4 heteroatoms. The predicted octanol–water partition coefficient (Wildman–Crippen LogP) is 3.89. The molecule has 3 rings (SSSR count). The fourth-order valence-electron chi connectivity index (χ4n) is 4.11. The highest BCUT2D eigenvalue weighted by Gasteiger charge is 2.32. The molecule has 1 N–H and O–H groups in total. The van der Waals surface area contributed by atoms with Gasteiger partial charge in [0.1, 0.15) is 5.82 Å². The molecule has 2 aromatic carbocycles. The van der Waals surface area contributed by atoms with Gasteiger partial charge in [-0.05, 0) is 56.3 Å². The van der Waals surface area contributed by atoms with Crippen LogP contribution in [0.3, 0.4) is 0 Å². The first-order chi connectivity index (χ1) is 13.0. The number of benzene rings is 2. The molecule has 1 amide bonds. The fourth-order valence-corrected chi connectivity index (χ4v) is 4.11. The van der Waals surface area contributed by atoms with Crippen LogP contribution in [0.2, 0.25) is 0 Å². The van der Waals surface area contributed by atoms with Crippen molar-refractivity contribution in [1.29, 1.82) is 0 Å². The molecule has 0 saturated carbocycles. The van der Waals surface area contributed by atoms with Gasteiger partial charge >= 0.3 is 0 Å². The zero-order valence-corrected chi connectivity index (χ0v) is 16.2. The van der Waals surface area contributed by atoms with Crippen LogP contribution in [0.1, 0.15) is 36.5 Å². The van der Waals surface area contributed by atoms with Crippen molar-refractivity contribution in [3.8, 4) is 0 Å². The summed E-state index contributed by atoms with van der Waals surface area (Å²) in [6, 6.07) is 15.8.